The third-order valence-corrected chi connectivity index (χ3v) is 4.53. The number of nitro benzene ring substituents is 1. The summed E-state index contributed by atoms with van der Waals surface area (Å²) in [6, 6.07) is 9.29. The van der Waals surface area contributed by atoms with Crippen LogP contribution in [-0.4, -0.2) is 46.0 Å². The molecule has 7 heteroatoms. The fourth-order valence-electron chi connectivity index (χ4n) is 3.16. The highest BCUT2D eigenvalue weighted by molar-refractivity contribution is 5.41. The monoisotopic (exact) mass is 327 g/mol. The van der Waals surface area contributed by atoms with Crippen LogP contribution in [0.5, 0.6) is 0 Å². The van der Waals surface area contributed by atoms with Crippen LogP contribution in [0.25, 0.3) is 0 Å². The van der Waals surface area contributed by atoms with Crippen molar-refractivity contribution < 1.29 is 4.92 Å². The Kier molecular flexibility index (Phi) is 4.71. The van der Waals surface area contributed by atoms with E-state index in [9.17, 15) is 10.1 Å². The largest absolute Gasteiger partial charge is 0.355 e. The van der Waals surface area contributed by atoms with Crippen LogP contribution in [-0.2, 0) is 6.54 Å². The molecule has 1 aromatic carbocycles. The summed E-state index contributed by atoms with van der Waals surface area (Å²) in [5.74, 6) is 0.917. The van der Waals surface area contributed by atoms with E-state index in [0.29, 0.717) is 12.6 Å². The van der Waals surface area contributed by atoms with E-state index in [-0.39, 0.29) is 10.6 Å². The Morgan fingerprint density at radius 3 is 2.92 bits per heavy atom. The third-order valence-electron chi connectivity index (χ3n) is 4.53. The molecule has 1 unspecified atom stereocenters. The van der Waals surface area contributed by atoms with Gasteiger partial charge in [0.05, 0.1) is 4.92 Å². The van der Waals surface area contributed by atoms with Gasteiger partial charge in [0.1, 0.15) is 12.1 Å². The van der Waals surface area contributed by atoms with Crippen molar-refractivity contribution in [1.82, 2.24) is 14.9 Å². The lowest BCUT2D eigenvalue weighted by Crippen LogP contribution is -2.35. The summed E-state index contributed by atoms with van der Waals surface area (Å²) in [4.78, 5) is 23.8. The van der Waals surface area contributed by atoms with Gasteiger partial charge in [-0.3, -0.25) is 15.0 Å². The van der Waals surface area contributed by atoms with E-state index in [1.54, 1.807) is 18.5 Å². The van der Waals surface area contributed by atoms with Gasteiger partial charge in [-0.2, -0.15) is 0 Å². The molecule has 24 heavy (non-hydrogen) atoms. The smallest absolute Gasteiger partial charge is 0.273 e. The van der Waals surface area contributed by atoms with Gasteiger partial charge in [-0.1, -0.05) is 18.2 Å². The van der Waals surface area contributed by atoms with Gasteiger partial charge in [0, 0.05) is 56.1 Å². The number of likely N-dealkylation sites (N-methyl/N-ethyl adjacent to an activating group) is 1. The van der Waals surface area contributed by atoms with E-state index >= 15 is 0 Å². The predicted molar refractivity (Wildman–Crippen MR) is 92.0 cm³/mol. The molecule has 1 aliphatic heterocycles. The van der Waals surface area contributed by atoms with Crippen molar-refractivity contribution in [2.24, 2.45) is 0 Å². The maximum Gasteiger partial charge on any atom is 0.273 e. The maximum absolute atomic E-state index is 11.1. The van der Waals surface area contributed by atoms with E-state index < -0.39 is 0 Å². The lowest BCUT2D eigenvalue weighted by molar-refractivity contribution is -0.385. The standard InChI is InChI=1S/C17H21N5O2/c1-13-9-17(19-12-18-13)20(2)15-7-8-21(11-15)10-14-5-3-4-6-16(14)22(23)24/h3-6,9,12,15H,7-8,10-11H2,1-2H3. The number of rotatable bonds is 5. The van der Waals surface area contributed by atoms with Gasteiger partial charge >= 0.3 is 0 Å². The molecule has 1 aliphatic rings. The van der Waals surface area contributed by atoms with Crippen LogP contribution in [0.2, 0.25) is 0 Å². The number of hydrogen-bond donors (Lipinski definition) is 0. The summed E-state index contributed by atoms with van der Waals surface area (Å²) in [6.07, 6.45) is 2.60. The minimum absolute atomic E-state index is 0.195. The van der Waals surface area contributed by atoms with Crippen LogP contribution >= 0.6 is 0 Å². The number of anilines is 1. The summed E-state index contributed by atoms with van der Waals surface area (Å²) in [5.41, 5.74) is 1.91. The lowest BCUT2D eigenvalue weighted by Gasteiger charge is -2.26. The molecule has 1 atom stereocenters. The van der Waals surface area contributed by atoms with Crippen molar-refractivity contribution in [3.63, 3.8) is 0 Å². The first kappa shape index (κ1) is 16.3. The highest BCUT2D eigenvalue weighted by atomic mass is 16.6. The Labute approximate surface area is 141 Å². The minimum Gasteiger partial charge on any atom is -0.355 e. The van der Waals surface area contributed by atoms with Gasteiger partial charge in [0.2, 0.25) is 0 Å². The summed E-state index contributed by atoms with van der Waals surface area (Å²) < 4.78 is 0. The van der Waals surface area contributed by atoms with Gasteiger partial charge in [0.25, 0.3) is 5.69 Å². The molecule has 7 nitrogen and oxygen atoms in total. The number of hydrogen-bond acceptors (Lipinski definition) is 6. The van der Waals surface area contributed by atoms with E-state index in [4.69, 9.17) is 0 Å². The molecule has 126 valence electrons. The van der Waals surface area contributed by atoms with E-state index in [2.05, 4.69) is 19.8 Å². The maximum atomic E-state index is 11.1. The number of aromatic nitrogens is 2. The van der Waals surface area contributed by atoms with Crippen molar-refractivity contribution in [2.75, 3.05) is 25.0 Å². The van der Waals surface area contributed by atoms with Crippen molar-refractivity contribution in [3.8, 4) is 0 Å². The number of benzene rings is 1. The van der Waals surface area contributed by atoms with Gasteiger partial charge in [-0.05, 0) is 13.3 Å². The molecule has 3 rings (SSSR count). The molecule has 1 aromatic heterocycles. The van der Waals surface area contributed by atoms with Crippen LogP contribution in [0.3, 0.4) is 0 Å². The highest BCUT2D eigenvalue weighted by Gasteiger charge is 2.28. The highest BCUT2D eigenvalue weighted by Crippen LogP contribution is 2.24. The Balaban J connectivity index is 1.67. The zero-order chi connectivity index (χ0) is 17.1. The van der Waals surface area contributed by atoms with Gasteiger partial charge in [-0.15, -0.1) is 0 Å². The van der Waals surface area contributed by atoms with E-state index in [1.807, 2.05) is 32.2 Å². The molecular weight excluding hydrogens is 306 g/mol. The molecule has 1 fully saturated rings. The van der Waals surface area contributed by atoms with Gasteiger partial charge < -0.3 is 4.90 Å². The number of likely N-dealkylation sites (tertiary alicyclic amines) is 1. The van der Waals surface area contributed by atoms with Gasteiger partial charge in [-0.25, -0.2) is 9.97 Å². The van der Waals surface area contributed by atoms with E-state index in [0.717, 1.165) is 36.6 Å². The van der Waals surface area contributed by atoms with Crippen LogP contribution in [0.15, 0.2) is 36.7 Å². The second-order valence-electron chi connectivity index (χ2n) is 6.19. The first-order chi connectivity index (χ1) is 11.5. The summed E-state index contributed by atoms with van der Waals surface area (Å²) in [7, 11) is 2.04. The molecule has 0 radical (unpaired) electrons. The zero-order valence-electron chi connectivity index (χ0n) is 13.9. The molecule has 0 aliphatic carbocycles. The quantitative estimate of drug-likeness (QED) is 0.620. The van der Waals surface area contributed by atoms with Crippen molar-refractivity contribution in [3.05, 3.63) is 58.0 Å². The SMILES string of the molecule is Cc1cc(N(C)C2CCN(Cc3ccccc3[N+](=O)[O-])C2)ncn1. The Hall–Kier alpha value is -2.54. The van der Waals surface area contributed by atoms with Gasteiger partial charge in [0.15, 0.2) is 0 Å². The fraction of sp³-hybridized carbons (Fsp3) is 0.412. The van der Waals surface area contributed by atoms with Crippen molar-refractivity contribution in [1.29, 1.82) is 0 Å². The average molecular weight is 327 g/mol. The molecule has 0 amide bonds. The van der Waals surface area contributed by atoms with E-state index in [1.165, 1.54) is 0 Å². The number of para-hydroxylation sites is 1. The number of nitrogens with zero attached hydrogens (tertiary/aromatic N) is 5. The third kappa shape index (κ3) is 3.51. The van der Waals surface area contributed by atoms with Crippen LogP contribution in [0, 0.1) is 17.0 Å². The molecule has 2 aromatic rings. The molecule has 0 bridgehead atoms. The second kappa shape index (κ2) is 6.92. The predicted octanol–water partition coefficient (Wildman–Crippen LogP) is 2.40. The Morgan fingerprint density at radius 1 is 1.38 bits per heavy atom. The van der Waals surface area contributed by atoms with Crippen LogP contribution in [0.1, 0.15) is 17.7 Å². The second-order valence-corrected chi connectivity index (χ2v) is 6.19. The molecule has 0 saturated carbocycles. The first-order valence-electron chi connectivity index (χ1n) is 8.00. The minimum atomic E-state index is -0.307. The molecule has 0 N–H and O–H groups in total. The normalized spacial score (nSPS) is 17.8. The molecule has 2 heterocycles. The number of aryl methyl sites for hydroxylation is 1. The molecule has 1 saturated heterocycles. The zero-order valence-corrected chi connectivity index (χ0v) is 13.9. The average Bonchev–Trinajstić information content (AvgIpc) is 3.03. The molecule has 0 spiro atoms. The summed E-state index contributed by atoms with van der Waals surface area (Å²) in [5, 5.41) is 11.1. The lowest BCUT2D eigenvalue weighted by atomic mass is 10.1. The fourth-order valence-corrected chi connectivity index (χ4v) is 3.16. The van der Waals surface area contributed by atoms with Crippen molar-refractivity contribution in [2.45, 2.75) is 25.9 Å². The number of nitro groups is 1. The summed E-state index contributed by atoms with van der Waals surface area (Å²) >= 11 is 0. The Morgan fingerprint density at radius 2 is 2.17 bits per heavy atom. The Bertz CT molecular complexity index is 736. The van der Waals surface area contributed by atoms with Crippen molar-refractivity contribution >= 4 is 11.5 Å². The van der Waals surface area contributed by atoms with Crippen LogP contribution in [0.4, 0.5) is 11.5 Å². The summed E-state index contributed by atoms with van der Waals surface area (Å²) in [6.45, 7) is 4.34. The molecular formula is C17H21N5O2. The van der Waals surface area contributed by atoms with Crippen LogP contribution < -0.4 is 4.90 Å². The topological polar surface area (TPSA) is 75.4 Å². The first-order valence-corrected chi connectivity index (χ1v) is 8.00.